The van der Waals surface area contributed by atoms with E-state index in [1.54, 1.807) is 35.4 Å². The van der Waals surface area contributed by atoms with Crippen LogP contribution < -0.4 is 25.6 Å². The molecule has 6 fully saturated rings. The summed E-state index contributed by atoms with van der Waals surface area (Å²) in [7, 11) is 0. The summed E-state index contributed by atoms with van der Waals surface area (Å²) in [5.74, 6) is -1.57. The van der Waals surface area contributed by atoms with E-state index in [0.29, 0.717) is 85.0 Å². The molecule has 7 aliphatic rings. The lowest BCUT2D eigenvalue weighted by Crippen LogP contribution is -2.54. The van der Waals surface area contributed by atoms with Crippen LogP contribution >= 0.6 is 0 Å². The van der Waals surface area contributed by atoms with E-state index in [2.05, 4.69) is 43.2 Å². The van der Waals surface area contributed by atoms with Crippen LogP contribution in [0.15, 0.2) is 66.9 Å². The van der Waals surface area contributed by atoms with E-state index in [4.69, 9.17) is 25.9 Å². The second kappa shape index (κ2) is 18.8. The number of hydrogen-bond acceptors (Lipinski definition) is 14. The van der Waals surface area contributed by atoms with Crippen molar-refractivity contribution in [1.82, 2.24) is 40.3 Å². The third kappa shape index (κ3) is 8.47. The van der Waals surface area contributed by atoms with Gasteiger partial charge in [-0.15, -0.1) is 6.42 Å². The van der Waals surface area contributed by atoms with Crippen molar-refractivity contribution in [3.8, 4) is 29.6 Å². The SMILES string of the molecule is C#Cc1c(F)ccc2cccc(-c3ncc4c(N5C[C@H]6CC[C@@H](C5)N6)nc(OC[C@@]56CC[C@@H](COC(=O)N7CCC(C(=O)Nc8ccc9c(c8)C(=O)N(C8CCC(=O)NC8=O)C9=O)CC7)N5CC(=C)C6)nc4c3F)c12. The van der Waals surface area contributed by atoms with Gasteiger partial charge in [-0.2, -0.15) is 9.97 Å². The molecule has 6 amide bonds. The monoisotopic (exact) mass is 1020 g/mol. The van der Waals surface area contributed by atoms with Crippen LogP contribution in [0.25, 0.3) is 32.9 Å². The highest BCUT2D eigenvalue weighted by Crippen LogP contribution is 2.45. The topological polar surface area (TPSA) is 209 Å². The molecular formula is C55H52F2N10O8. The maximum atomic E-state index is 17.2. The first-order valence-electron chi connectivity index (χ1n) is 25.5. The molecule has 3 aromatic carbocycles. The van der Waals surface area contributed by atoms with Gasteiger partial charge in [-0.3, -0.25) is 44.1 Å². The predicted octanol–water partition coefficient (Wildman–Crippen LogP) is 5.48. The number of ether oxygens (including phenoxy) is 2. The molecule has 384 valence electrons. The van der Waals surface area contributed by atoms with Gasteiger partial charge in [-0.25, -0.2) is 13.6 Å². The number of rotatable bonds is 10. The molecule has 7 aliphatic heterocycles. The predicted molar refractivity (Wildman–Crippen MR) is 269 cm³/mol. The number of nitrogens with zero attached hydrogens (tertiary/aromatic N) is 7. The number of likely N-dealkylation sites (tertiary alicyclic amines) is 1. The molecule has 18 nitrogen and oxygen atoms in total. The van der Waals surface area contributed by atoms with Crippen LogP contribution in [0.1, 0.15) is 84.1 Å². The normalized spacial score (nSPS) is 24.7. The van der Waals surface area contributed by atoms with E-state index in [0.717, 1.165) is 23.3 Å². The number of amides is 6. The second-order valence-electron chi connectivity index (χ2n) is 20.8. The molecule has 0 spiro atoms. The molecule has 2 bridgehead atoms. The standard InChI is InChI=1S/C55H52F2N10O8/c1-3-36-41(56)12-7-30-5-4-6-38(44(30)36)46-45(57)47-40(23-58-46)48(65-25-33-8-9-34(26-65)59-33)63-53(62-47)75-28-55-18-15-35(66(55)24-29(2)22-55)27-74-54(73)64-19-16-31(17-20-64)49(69)60-32-10-11-37-39(21-32)52(72)67(51(37)71)42-13-14-43(68)61-50(42)70/h1,4-7,10-12,21,23,31,33-35,42,59H,2,8-9,13-20,22,24-28H2,(H,60,69)(H,61,68,70)/t33-,34+,35-,42?,55-/m0/s1. The van der Waals surface area contributed by atoms with Gasteiger partial charge in [0.05, 0.1) is 27.6 Å². The highest BCUT2D eigenvalue weighted by atomic mass is 19.1. The number of carbonyl (C=O) groups excluding carboxylic acids is 6. The number of anilines is 2. The van der Waals surface area contributed by atoms with E-state index < -0.39 is 58.9 Å². The van der Waals surface area contributed by atoms with Gasteiger partial charge in [0.15, 0.2) is 5.82 Å². The maximum absolute atomic E-state index is 17.2. The lowest BCUT2D eigenvalue weighted by atomic mass is 9.94. The lowest BCUT2D eigenvalue weighted by Gasteiger charge is -2.35. The summed E-state index contributed by atoms with van der Waals surface area (Å²) in [6.45, 7) is 7.07. The van der Waals surface area contributed by atoms with Gasteiger partial charge in [0, 0.05) is 86.0 Å². The summed E-state index contributed by atoms with van der Waals surface area (Å²) in [6, 6.07) is 11.8. The summed E-state index contributed by atoms with van der Waals surface area (Å²) in [5.41, 5.74) is 1.30. The van der Waals surface area contributed by atoms with Crippen LogP contribution in [0.4, 0.5) is 25.1 Å². The molecule has 0 radical (unpaired) electrons. The number of piperidine rings is 2. The van der Waals surface area contributed by atoms with Crippen LogP contribution in [-0.2, 0) is 19.1 Å². The Morgan fingerprint density at radius 3 is 2.49 bits per heavy atom. The molecular weight excluding hydrogens is 967 g/mol. The van der Waals surface area contributed by atoms with Crippen molar-refractivity contribution in [3.63, 3.8) is 0 Å². The fraction of sp³-hybridized carbons (Fsp3) is 0.400. The molecule has 0 aliphatic carbocycles. The Kier molecular flexibility index (Phi) is 12.0. The number of pyridine rings is 1. The van der Waals surface area contributed by atoms with Crippen molar-refractivity contribution in [2.75, 3.05) is 56.2 Å². The van der Waals surface area contributed by atoms with Crippen molar-refractivity contribution < 1.29 is 47.0 Å². The first kappa shape index (κ1) is 48.1. The number of piperazine rings is 1. The minimum atomic E-state index is -1.10. The van der Waals surface area contributed by atoms with Gasteiger partial charge in [0.25, 0.3) is 11.8 Å². The average molecular weight is 1020 g/mol. The van der Waals surface area contributed by atoms with Crippen molar-refractivity contribution in [2.24, 2.45) is 5.92 Å². The zero-order chi connectivity index (χ0) is 51.9. The molecule has 5 atom stereocenters. The van der Waals surface area contributed by atoms with E-state index >= 15 is 8.78 Å². The molecule has 2 aromatic heterocycles. The quantitative estimate of drug-likeness (QED) is 0.0901. The third-order valence-corrected chi connectivity index (χ3v) is 16.2. The molecule has 1 unspecified atom stereocenters. The Morgan fingerprint density at radius 2 is 1.72 bits per heavy atom. The fourth-order valence-corrected chi connectivity index (χ4v) is 12.5. The van der Waals surface area contributed by atoms with E-state index in [9.17, 15) is 28.8 Å². The van der Waals surface area contributed by atoms with E-state index in [1.165, 1.54) is 24.3 Å². The van der Waals surface area contributed by atoms with Gasteiger partial charge in [-0.1, -0.05) is 42.3 Å². The zero-order valence-electron chi connectivity index (χ0n) is 40.8. The lowest BCUT2D eigenvalue weighted by molar-refractivity contribution is -0.136. The number of terminal acetylenes is 1. The number of nitrogens with one attached hydrogen (secondary N) is 3. The summed E-state index contributed by atoms with van der Waals surface area (Å²) >= 11 is 0. The maximum Gasteiger partial charge on any atom is 0.409 e. The molecule has 6 saturated heterocycles. The summed E-state index contributed by atoms with van der Waals surface area (Å²) < 4.78 is 44.8. The van der Waals surface area contributed by atoms with Gasteiger partial charge in [-0.05, 0) is 81.0 Å². The van der Waals surface area contributed by atoms with Crippen LogP contribution in [-0.4, -0.2) is 141 Å². The number of carbonyl (C=O) groups is 6. The van der Waals surface area contributed by atoms with Gasteiger partial charge >= 0.3 is 12.1 Å². The highest BCUT2D eigenvalue weighted by molar-refractivity contribution is 6.24. The molecule has 5 aromatic rings. The average Bonchev–Trinajstić information content (AvgIpc) is 4.11. The van der Waals surface area contributed by atoms with Gasteiger partial charge in [0.2, 0.25) is 17.7 Å². The highest BCUT2D eigenvalue weighted by Gasteiger charge is 2.52. The minimum absolute atomic E-state index is 0.00220. The molecule has 75 heavy (non-hydrogen) atoms. The Labute approximate surface area is 429 Å². The first-order chi connectivity index (χ1) is 36.2. The molecule has 12 rings (SSSR count). The van der Waals surface area contributed by atoms with E-state index in [1.807, 2.05) is 0 Å². The number of benzene rings is 3. The van der Waals surface area contributed by atoms with Gasteiger partial charge in [0.1, 0.15) is 42.1 Å². The first-order valence-corrected chi connectivity index (χ1v) is 25.5. The van der Waals surface area contributed by atoms with Crippen LogP contribution in [0, 0.1) is 29.9 Å². The number of fused-ring (bicyclic) bond motifs is 6. The Morgan fingerprint density at radius 1 is 0.933 bits per heavy atom. The summed E-state index contributed by atoms with van der Waals surface area (Å²) in [4.78, 5) is 98.7. The number of halogens is 2. The summed E-state index contributed by atoms with van der Waals surface area (Å²) in [5, 5.41) is 10.1. The smallest absolute Gasteiger partial charge is 0.409 e. The number of aromatic nitrogens is 3. The van der Waals surface area contributed by atoms with Crippen LogP contribution in [0.3, 0.4) is 0 Å². The van der Waals surface area contributed by atoms with Crippen molar-refractivity contribution in [1.29, 1.82) is 0 Å². The Balaban J connectivity index is 0.701. The molecule has 20 heteroatoms. The molecule has 0 saturated carbocycles. The third-order valence-electron chi connectivity index (χ3n) is 16.2. The minimum Gasteiger partial charge on any atom is -0.461 e. The van der Waals surface area contributed by atoms with Gasteiger partial charge < -0.3 is 29.9 Å². The van der Waals surface area contributed by atoms with Crippen molar-refractivity contribution in [2.45, 2.75) is 87.5 Å². The Bertz CT molecular complexity index is 3350. The molecule has 3 N–H and O–H groups in total. The fourth-order valence-electron chi connectivity index (χ4n) is 12.5. The summed E-state index contributed by atoms with van der Waals surface area (Å²) in [6.07, 6.45) is 11.7. The number of imide groups is 2. The van der Waals surface area contributed by atoms with Crippen molar-refractivity contribution in [3.05, 3.63) is 95.2 Å². The van der Waals surface area contributed by atoms with Crippen molar-refractivity contribution >= 4 is 68.8 Å². The van der Waals surface area contributed by atoms with E-state index in [-0.39, 0.29) is 97.1 Å². The second-order valence-corrected chi connectivity index (χ2v) is 20.8. The van der Waals surface area contributed by atoms with Crippen LogP contribution in [0.2, 0.25) is 0 Å². The molecule has 9 heterocycles. The van der Waals surface area contributed by atoms with Crippen LogP contribution in [0.5, 0.6) is 6.01 Å². The largest absolute Gasteiger partial charge is 0.461 e. The zero-order valence-corrected chi connectivity index (χ0v) is 40.8. The number of hydrogen-bond donors (Lipinski definition) is 3. The Hall–Kier alpha value is -7.89.